The number of aromatic nitrogens is 1. The fourth-order valence-corrected chi connectivity index (χ4v) is 2.47. The summed E-state index contributed by atoms with van der Waals surface area (Å²) in [5.74, 6) is 0.818. The zero-order chi connectivity index (χ0) is 17.8. The molecule has 0 spiro atoms. The first-order valence-electron chi connectivity index (χ1n) is 8.75. The number of aliphatic imine (C=N–C) groups is 1. The molecular formula is C18H32N4O2. The minimum absolute atomic E-state index is 0.121. The van der Waals surface area contributed by atoms with Gasteiger partial charge in [-0.15, -0.1) is 0 Å². The molecule has 0 fully saturated rings. The molecule has 136 valence electrons. The second kappa shape index (κ2) is 11.5. The summed E-state index contributed by atoms with van der Waals surface area (Å²) in [4.78, 5) is 17.9. The Balaban J connectivity index is 2.34. The molecule has 0 radical (unpaired) electrons. The minimum atomic E-state index is -0.121. The summed E-state index contributed by atoms with van der Waals surface area (Å²) < 4.78 is 6.76. The zero-order valence-electron chi connectivity index (χ0n) is 15.5. The number of methoxy groups -OCH3 is 1. The largest absolute Gasteiger partial charge is 0.469 e. The van der Waals surface area contributed by atoms with Crippen molar-refractivity contribution in [2.24, 2.45) is 12.0 Å². The lowest BCUT2D eigenvalue weighted by Crippen LogP contribution is -2.38. The number of aryl methyl sites for hydroxylation is 1. The summed E-state index contributed by atoms with van der Waals surface area (Å²) in [7, 11) is 5.55. The van der Waals surface area contributed by atoms with Crippen LogP contribution in [0.4, 0.5) is 0 Å². The van der Waals surface area contributed by atoms with E-state index >= 15 is 0 Å². The van der Waals surface area contributed by atoms with Gasteiger partial charge in [0.15, 0.2) is 5.96 Å². The smallest absolute Gasteiger partial charge is 0.305 e. The molecule has 0 aliphatic heterocycles. The molecule has 0 aliphatic carbocycles. The monoisotopic (exact) mass is 336 g/mol. The summed E-state index contributed by atoms with van der Waals surface area (Å²) in [6.07, 6.45) is 6.63. The molecular weight excluding hydrogens is 304 g/mol. The van der Waals surface area contributed by atoms with Gasteiger partial charge in [0.25, 0.3) is 0 Å². The van der Waals surface area contributed by atoms with Crippen molar-refractivity contribution >= 4 is 11.9 Å². The highest BCUT2D eigenvalue weighted by atomic mass is 16.5. The fourth-order valence-electron chi connectivity index (χ4n) is 2.47. The molecule has 0 unspecified atom stereocenters. The molecule has 6 nitrogen and oxygen atoms in total. The molecule has 6 heteroatoms. The van der Waals surface area contributed by atoms with Crippen LogP contribution < -0.4 is 5.32 Å². The molecule has 0 saturated heterocycles. The molecule has 1 aromatic heterocycles. The molecule has 0 saturated carbocycles. The first-order chi connectivity index (χ1) is 11.6. The third-order valence-corrected chi connectivity index (χ3v) is 3.93. The number of esters is 1. The molecule has 0 bridgehead atoms. The molecule has 1 heterocycles. The average Bonchev–Trinajstić information content (AvgIpc) is 2.97. The van der Waals surface area contributed by atoms with Crippen LogP contribution in [0.2, 0.25) is 0 Å². The predicted molar refractivity (Wildman–Crippen MR) is 98.0 cm³/mol. The first-order valence-corrected chi connectivity index (χ1v) is 8.75. The number of nitrogens with one attached hydrogen (secondary N) is 1. The average molecular weight is 336 g/mol. The van der Waals surface area contributed by atoms with Crippen LogP contribution in [0.5, 0.6) is 0 Å². The maximum absolute atomic E-state index is 11.0. The van der Waals surface area contributed by atoms with Gasteiger partial charge < -0.3 is 19.5 Å². The minimum Gasteiger partial charge on any atom is -0.469 e. The van der Waals surface area contributed by atoms with Crippen LogP contribution in [0.1, 0.15) is 44.7 Å². The summed E-state index contributed by atoms with van der Waals surface area (Å²) in [6, 6.07) is 4.18. The van der Waals surface area contributed by atoms with Crippen molar-refractivity contribution in [3.8, 4) is 0 Å². The highest BCUT2D eigenvalue weighted by molar-refractivity contribution is 5.79. The highest BCUT2D eigenvalue weighted by Crippen LogP contribution is 2.06. The number of ether oxygens (including phenoxy) is 1. The van der Waals surface area contributed by atoms with Gasteiger partial charge in [-0.25, -0.2) is 0 Å². The van der Waals surface area contributed by atoms with Gasteiger partial charge in [0.1, 0.15) is 0 Å². The van der Waals surface area contributed by atoms with E-state index in [0.717, 1.165) is 51.3 Å². The first kappa shape index (κ1) is 20.1. The van der Waals surface area contributed by atoms with E-state index in [-0.39, 0.29) is 5.97 Å². The van der Waals surface area contributed by atoms with E-state index in [0.29, 0.717) is 6.42 Å². The summed E-state index contributed by atoms with van der Waals surface area (Å²) >= 11 is 0. The quantitative estimate of drug-likeness (QED) is 0.309. The lowest BCUT2D eigenvalue weighted by Gasteiger charge is -2.22. The van der Waals surface area contributed by atoms with Crippen LogP contribution in [-0.4, -0.2) is 48.6 Å². The summed E-state index contributed by atoms with van der Waals surface area (Å²) in [6.45, 7) is 4.57. The second-order valence-corrected chi connectivity index (χ2v) is 5.94. The van der Waals surface area contributed by atoms with E-state index in [1.807, 2.05) is 0 Å². The fraction of sp³-hybridized carbons (Fsp3) is 0.667. The SMILES string of the molecule is CCNC(=NCCCCCCC(=O)OC)N(C)Cc1cccn1C. The summed E-state index contributed by atoms with van der Waals surface area (Å²) in [5, 5.41) is 3.34. The van der Waals surface area contributed by atoms with Gasteiger partial charge >= 0.3 is 5.97 Å². The Kier molecular flexibility index (Phi) is 9.65. The Morgan fingerprint density at radius 3 is 2.71 bits per heavy atom. The van der Waals surface area contributed by atoms with Gasteiger partial charge in [0.2, 0.25) is 0 Å². The van der Waals surface area contributed by atoms with Gasteiger partial charge in [0, 0.05) is 45.5 Å². The van der Waals surface area contributed by atoms with Gasteiger partial charge in [-0.1, -0.05) is 12.8 Å². The topological polar surface area (TPSA) is 58.9 Å². The maximum Gasteiger partial charge on any atom is 0.305 e. The van der Waals surface area contributed by atoms with Crippen LogP contribution in [0.15, 0.2) is 23.3 Å². The van der Waals surface area contributed by atoms with Crippen molar-refractivity contribution in [2.75, 3.05) is 27.2 Å². The molecule has 0 aliphatic rings. The molecule has 1 rings (SSSR count). The second-order valence-electron chi connectivity index (χ2n) is 5.94. The third kappa shape index (κ3) is 7.53. The number of hydrogen-bond acceptors (Lipinski definition) is 3. The van der Waals surface area contributed by atoms with Crippen molar-refractivity contribution in [1.82, 2.24) is 14.8 Å². The van der Waals surface area contributed by atoms with E-state index in [1.165, 1.54) is 12.8 Å². The third-order valence-electron chi connectivity index (χ3n) is 3.93. The van der Waals surface area contributed by atoms with E-state index in [2.05, 4.69) is 58.9 Å². The number of guanidine groups is 1. The molecule has 0 amide bonds. The number of rotatable bonds is 10. The van der Waals surface area contributed by atoms with Crippen molar-refractivity contribution in [1.29, 1.82) is 0 Å². The Labute approximate surface area is 145 Å². The van der Waals surface area contributed by atoms with Crippen LogP contribution in [0.25, 0.3) is 0 Å². The highest BCUT2D eigenvalue weighted by Gasteiger charge is 2.08. The Hall–Kier alpha value is -1.98. The van der Waals surface area contributed by atoms with Crippen molar-refractivity contribution < 1.29 is 9.53 Å². The van der Waals surface area contributed by atoms with Gasteiger partial charge in [-0.2, -0.15) is 0 Å². The van der Waals surface area contributed by atoms with Crippen LogP contribution in [0, 0.1) is 0 Å². The Morgan fingerprint density at radius 1 is 1.33 bits per heavy atom. The van der Waals surface area contributed by atoms with E-state index < -0.39 is 0 Å². The van der Waals surface area contributed by atoms with E-state index in [9.17, 15) is 4.79 Å². The predicted octanol–water partition coefficient (Wildman–Crippen LogP) is 2.55. The standard InChI is InChI=1S/C18H32N4O2/c1-5-19-18(22(3)15-16-11-10-14-21(16)2)20-13-9-7-6-8-12-17(23)24-4/h10-11,14H,5-9,12-13,15H2,1-4H3,(H,19,20). The zero-order valence-corrected chi connectivity index (χ0v) is 15.5. The number of nitrogens with zero attached hydrogens (tertiary/aromatic N) is 3. The van der Waals surface area contributed by atoms with Crippen molar-refractivity contribution in [3.63, 3.8) is 0 Å². The van der Waals surface area contributed by atoms with Gasteiger partial charge in [0.05, 0.1) is 13.7 Å². The molecule has 0 aromatic carbocycles. The molecule has 1 aromatic rings. The van der Waals surface area contributed by atoms with Crippen LogP contribution in [-0.2, 0) is 23.1 Å². The summed E-state index contributed by atoms with van der Waals surface area (Å²) in [5.41, 5.74) is 1.26. The van der Waals surface area contributed by atoms with Crippen LogP contribution >= 0.6 is 0 Å². The Bertz CT molecular complexity index is 511. The number of unbranched alkanes of at least 4 members (excludes halogenated alkanes) is 3. The van der Waals surface area contributed by atoms with Gasteiger partial charge in [-0.05, 0) is 31.9 Å². The number of hydrogen-bond donors (Lipinski definition) is 1. The number of carbonyl (C=O) groups is 1. The molecule has 0 atom stereocenters. The van der Waals surface area contributed by atoms with Gasteiger partial charge in [-0.3, -0.25) is 9.79 Å². The van der Waals surface area contributed by atoms with Crippen molar-refractivity contribution in [3.05, 3.63) is 24.0 Å². The normalized spacial score (nSPS) is 11.4. The lowest BCUT2D eigenvalue weighted by molar-refractivity contribution is -0.140. The Morgan fingerprint density at radius 2 is 2.08 bits per heavy atom. The molecule has 24 heavy (non-hydrogen) atoms. The van der Waals surface area contributed by atoms with Crippen LogP contribution in [0.3, 0.4) is 0 Å². The van der Waals surface area contributed by atoms with E-state index in [1.54, 1.807) is 0 Å². The maximum atomic E-state index is 11.0. The van der Waals surface area contributed by atoms with Crippen molar-refractivity contribution in [2.45, 2.75) is 45.6 Å². The lowest BCUT2D eigenvalue weighted by atomic mass is 10.1. The number of carbonyl (C=O) groups excluding carboxylic acids is 1. The molecule has 1 N–H and O–H groups in total. The van der Waals surface area contributed by atoms with E-state index in [4.69, 9.17) is 4.99 Å².